The standard InChI is InChI=1S/C31H33FN6/c1-5-9-25(20(2)14-21(3)32)26-16-29(34-22(26)4)31-30-28(36-37-31)11-10-27(35-30)24-15-23(17-33-18-24)19-38-12-7-6-8-13-38/h5,9-11,14-18,34H,1-2,6-8,12-13,19H2,3-4H3,(H,36,37)/b21-14+,25-9-. The second-order valence-electron chi connectivity index (χ2n) is 9.88. The molecule has 1 saturated heterocycles. The van der Waals surface area contributed by atoms with Gasteiger partial charge in [-0.05, 0) is 86.8 Å². The predicted octanol–water partition coefficient (Wildman–Crippen LogP) is 7.31. The number of allylic oxidation sites excluding steroid dienone is 6. The lowest BCUT2D eigenvalue weighted by atomic mass is 9.98. The number of nitrogens with zero attached hydrogens (tertiary/aromatic N) is 4. The van der Waals surface area contributed by atoms with Crippen molar-refractivity contribution in [1.82, 2.24) is 30.0 Å². The van der Waals surface area contributed by atoms with E-state index in [0.29, 0.717) is 5.57 Å². The number of pyridine rings is 2. The van der Waals surface area contributed by atoms with Crippen molar-refractivity contribution in [3.63, 3.8) is 0 Å². The fourth-order valence-electron chi connectivity index (χ4n) is 5.11. The fraction of sp³-hybridized carbons (Fsp3) is 0.258. The van der Waals surface area contributed by atoms with Gasteiger partial charge in [-0.1, -0.05) is 31.7 Å². The van der Waals surface area contributed by atoms with Crippen LogP contribution in [0.2, 0.25) is 0 Å². The second kappa shape index (κ2) is 11.1. The Balaban J connectivity index is 1.49. The summed E-state index contributed by atoms with van der Waals surface area (Å²) in [5, 5.41) is 7.67. The molecule has 0 unspecified atom stereocenters. The van der Waals surface area contributed by atoms with Crippen LogP contribution in [0.5, 0.6) is 0 Å². The van der Waals surface area contributed by atoms with E-state index in [-0.39, 0.29) is 5.83 Å². The average Bonchev–Trinajstić information content (AvgIpc) is 3.50. The maximum absolute atomic E-state index is 13.6. The molecular formula is C31H33FN6. The van der Waals surface area contributed by atoms with Crippen molar-refractivity contribution in [3.8, 4) is 22.6 Å². The molecule has 2 N–H and O–H groups in total. The third-order valence-electron chi connectivity index (χ3n) is 6.92. The monoisotopic (exact) mass is 508 g/mol. The van der Waals surface area contributed by atoms with Gasteiger partial charge in [0.15, 0.2) is 0 Å². The van der Waals surface area contributed by atoms with E-state index in [2.05, 4.69) is 44.3 Å². The molecule has 1 aliphatic rings. The van der Waals surface area contributed by atoms with Crippen molar-refractivity contribution < 1.29 is 4.39 Å². The van der Waals surface area contributed by atoms with Gasteiger partial charge in [-0.2, -0.15) is 5.10 Å². The van der Waals surface area contributed by atoms with Crippen LogP contribution in [-0.4, -0.2) is 43.1 Å². The molecule has 0 spiro atoms. The second-order valence-corrected chi connectivity index (χ2v) is 9.88. The fourth-order valence-corrected chi connectivity index (χ4v) is 5.11. The van der Waals surface area contributed by atoms with Crippen LogP contribution in [0.3, 0.4) is 0 Å². The van der Waals surface area contributed by atoms with Crippen molar-refractivity contribution in [2.75, 3.05) is 13.1 Å². The highest BCUT2D eigenvalue weighted by Crippen LogP contribution is 2.33. The number of hydrogen-bond acceptors (Lipinski definition) is 4. The molecule has 5 heterocycles. The summed E-state index contributed by atoms with van der Waals surface area (Å²) in [7, 11) is 0. The number of hydrogen-bond donors (Lipinski definition) is 2. The molecule has 0 radical (unpaired) electrons. The van der Waals surface area contributed by atoms with Crippen molar-refractivity contribution in [3.05, 3.63) is 96.3 Å². The van der Waals surface area contributed by atoms with E-state index in [1.54, 1.807) is 6.08 Å². The van der Waals surface area contributed by atoms with Gasteiger partial charge in [-0.25, -0.2) is 9.37 Å². The van der Waals surface area contributed by atoms with Crippen molar-refractivity contribution in [2.24, 2.45) is 0 Å². The summed E-state index contributed by atoms with van der Waals surface area (Å²) >= 11 is 0. The number of H-pyrrole nitrogens is 2. The number of aromatic nitrogens is 5. The molecule has 0 amide bonds. The Morgan fingerprint density at radius 2 is 1.97 bits per heavy atom. The van der Waals surface area contributed by atoms with Gasteiger partial charge in [0.1, 0.15) is 11.2 Å². The molecule has 7 heteroatoms. The zero-order valence-corrected chi connectivity index (χ0v) is 22.0. The quantitative estimate of drug-likeness (QED) is 0.245. The van der Waals surface area contributed by atoms with Gasteiger partial charge in [-0.3, -0.25) is 15.0 Å². The highest BCUT2D eigenvalue weighted by Gasteiger charge is 2.18. The minimum Gasteiger partial charge on any atom is -0.357 e. The van der Waals surface area contributed by atoms with E-state index < -0.39 is 0 Å². The number of nitrogens with one attached hydrogen (secondary N) is 2. The van der Waals surface area contributed by atoms with Gasteiger partial charge in [0.05, 0.1) is 22.7 Å². The number of fused-ring (bicyclic) bond motifs is 1. The van der Waals surface area contributed by atoms with Gasteiger partial charge in [-0.15, -0.1) is 0 Å². The largest absolute Gasteiger partial charge is 0.357 e. The lowest BCUT2D eigenvalue weighted by Crippen LogP contribution is -2.29. The van der Waals surface area contributed by atoms with Gasteiger partial charge < -0.3 is 4.98 Å². The molecule has 4 aromatic heterocycles. The number of rotatable bonds is 8. The van der Waals surface area contributed by atoms with E-state index in [4.69, 9.17) is 4.98 Å². The van der Waals surface area contributed by atoms with Crippen LogP contribution < -0.4 is 0 Å². The molecular weight excluding hydrogens is 475 g/mol. The molecule has 1 fully saturated rings. The zero-order valence-electron chi connectivity index (χ0n) is 22.0. The molecule has 5 rings (SSSR count). The van der Waals surface area contributed by atoms with E-state index >= 15 is 0 Å². The van der Waals surface area contributed by atoms with E-state index in [1.807, 2.05) is 43.6 Å². The molecule has 4 aromatic rings. The molecule has 0 saturated carbocycles. The SMILES string of the molecule is C=C/C=C(/C(=C)/C=C(\C)F)c1cc(-c2n[nH]c3ccc(-c4cncc(CN5CCCCC5)c4)nc23)[nH]c1C. The van der Waals surface area contributed by atoms with E-state index in [1.165, 1.54) is 37.8 Å². The highest BCUT2D eigenvalue weighted by molar-refractivity contribution is 5.92. The first kappa shape index (κ1) is 25.5. The summed E-state index contributed by atoms with van der Waals surface area (Å²) in [5.41, 5.74) is 9.36. The van der Waals surface area contributed by atoms with Crippen LogP contribution >= 0.6 is 0 Å². The van der Waals surface area contributed by atoms with Crippen LogP contribution in [0.1, 0.15) is 43.0 Å². The number of likely N-dealkylation sites (tertiary alicyclic amines) is 1. The Hall–Kier alpha value is -4.10. The maximum atomic E-state index is 13.6. The van der Waals surface area contributed by atoms with E-state index in [9.17, 15) is 4.39 Å². The molecule has 194 valence electrons. The van der Waals surface area contributed by atoms with Crippen LogP contribution in [0, 0.1) is 6.92 Å². The summed E-state index contributed by atoms with van der Waals surface area (Å²) in [4.78, 5) is 15.4. The molecule has 6 nitrogen and oxygen atoms in total. The highest BCUT2D eigenvalue weighted by atomic mass is 19.1. The predicted molar refractivity (Wildman–Crippen MR) is 153 cm³/mol. The summed E-state index contributed by atoms with van der Waals surface area (Å²) in [6.07, 6.45) is 12.6. The van der Waals surface area contributed by atoms with Gasteiger partial charge >= 0.3 is 0 Å². The van der Waals surface area contributed by atoms with Crippen LogP contribution in [0.25, 0.3) is 39.3 Å². The summed E-state index contributed by atoms with van der Waals surface area (Å²) < 4.78 is 13.6. The number of halogens is 1. The number of aryl methyl sites for hydroxylation is 1. The number of piperidine rings is 1. The third kappa shape index (κ3) is 5.43. The minimum absolute atomic E-state index is 0.303. The third-order valence-corrected chi connectivity index (χ3v) is 6.92. The summed E-state index contributed by atoms with van der Waals surface area (Å²) in [5.74, 6) is -0.303. The average molecular weight is 509 g/mol. The van der Waals surface area contributed by atoms with Gasteiger partial charge in [0, 0.05) is 35.8 Å². The Bertz CT molecular complexity index is 1540. The van der Waals surface area contributed by atoms with Crippen LogP contribution in [0.4, 0.5) is 4.39 Å². The Morgan fingerprint density at radius 1 is 1.16 bits per heavy atom. The first-order valence-electron chi connectivity index (χ1n) is 13.0. The van der Waals surface area contributed by atoms with Crippen LogP contribution in [0.15, 0.2) is 79.4 Å². The van der Waals surface area contributed by atoms with Crippen molar-refractivity contribution in [2.45, 2.75) is 39.7 Å². The number of aromatic amines is 2. The topological polar surface area (TPSA) is 73.5 Å². The van der Waals surface area contributed by atoms with Crippen LogP contribution in [-0.2, 0) is 6.54 Å². The Labute approximate surface area is 222 Å². The summed E-state index contributed by atoms with van der Waals surface area (Å²) in [6.45, 7) is 14.4. The normalized spacial score (nSPS) is 15.2. The lowest BCUT2D eigenvalue weighted by molar-refractivity contribution is 0.220. The minimum atomic E-state index is -0.303. The first-order chi connectivity index (χ1) is 18.4. The Kier molecular flexibility index (Phi) is 7.47. The zero-order chi connectivity index (χ0) is 26.6. The van der Waals surface area contributed by atoms with Gasteiger partial charge in [0.25, 0.3) is 0 Å². The smallest absolute Gasteiger partial charge is 0.135 e. The molecule has 0 bridgehead atoms. The van der Waals surface area contributed by atoms with E-state index in [0.717, 1.165) is 70.1 Å². The lowest BCUT2D eigenvalue weighted by Gasteiger charge is -2.26. The van der Waals surface area contributed by atoms with Crippen molar-refractivity contribution >= 4 is 16.6 Å². The molecule has 0 aromatic carbocycles. The van der Waals surface area contributed by atoms with Crippen molar-refractivity contribution in [1.29, 1.82) is 0 Å². The maximum Gasteiger partial charge on any atom is 0.135 e. The molecule has 38 heavy (non-hydrogen) atoms. The summed E-state index contributed by atoms with van der Waals surface area (Å²) in [6, 6.07) is 8.19. The Morgan fingerprint density at radius 3 is 2.74 bits per heavy atom. The molecule has 1 aliphatic heterocycles. The first-order valence-corrected chi connectivity index (χ1v) is 13.0. The molecule has 0 atom stereocenters. The van der Waals surface area contributed by atoms with Gasteiger partial charge in [0.2, 0.25) is 0 Å². The molecule has 0 aliphatic carbocycles.